The molecule has 0 aliphatic rings. The molecule has 2 nitrogen and oxygen atoms in total. The molecule has 0 amide bonds. The largest absolute Gasteiger partial charge is 0.300 e. The van der Waals surface area contributed by atoms with Gasteiger partial charge < -0.3 is 0 Å². The number of halogens is 1. The van der Waals surface area contributed by atoms with Crippen molar-refractivity contribution in [1.82, 2.24) is 4.72 Å². The molecule has 108 valence electrons. The zero-order valence-corrected chi connectivity index (χ0v) is 13.2. The first-order valence-corrected chi connectivity index (χ1v) is 6.83. The fourth-order valence-electron chi connectivity index (χ4n) is 1.60. The quantitative estimate of drug-likeness (QED) is 0.815. The standard InChI is InChI=1S/C11H14FNOS.C4H10/c1-8(14)7-11(2,13-15)9-5-3-4-6-10(9)12;1-4(2)3/h3-6,13,15H,7H2,1-2H3;4H,1-3H3/t11-;/m0./s1. The average molecular weight is 285 g/mol. The smallest absolute Gasteiger partial charge is 0.132 e. The predicted octanol–water partition coefficient (Wildman–Crippen LogP) is 4.12. The summed E-state index contributed by atoms with van der Waals surface area (Å²) in [6.07, 6.45) is 0.206. The number of hydrogen-bond donors (Lipinski definition) is 2. The van der Waals surface area contributed by atoms with E-state index in [0.29, 0.717) is 5.56 Å². The molecule has 0 saturated carbocycles. The number of rotatable bonds is 4. The van der Waals surface area contributed by atoms with E-state index < -0.39 is 5.54 Å². The monoisotopic (exact) mass is 285 g/mol. The van der Waals surface area contributed by atoms with Gasteiger partial charge in [-0.3, -0.25) is 9.52 Å². The van der Waals surface area contributed by atoms with Crippen molar-refractivity contribution in [2.24, 2.45) is 5.92 Å². The summed E-state index contributed by atoms with van der Waals surface area (Å²) in [4.78, 5) is 11.1. The van der Waals surface area contributed by atoms with Gasteiger partial charge in [-0.15, -0.1) is 0 Å². The number of ketones is 1. The van der Waals surface area contributed by atoms with E-state index in [-0.39, 0.29) is 18.0 Å². The Bertz CT molecular complexity index is 406. The third-order valence-corrected chi connectivity index (χ3v) is 2.81. The van der Waals surface area contributed by atoms with Crippen LogP contribution in [0.4, 0.5) is 4.39 Å². The lowest BCUT2D eigenvalue weighted by atomic mass is 9.88. The molecule has 1 aromatic carbocycles. The van der Waals surface area contributed by atoms with Crippen LogP contribution in [0.25, 0.3) is 0 Å². The number of nitrogens with one attached hydrogen (secondary N) is 1. The fourth-order valence-corrected chi connectivity index (χ4v) is 1.80. The third-order valence-electron chi connectivity index (χ3n) is 2.32. The van der Waals surface area contributed by atoms with Crippen molar-refractivity contribution in [2.75, 3.05) is 0 Å². The molecule has 1 rings (SSSR count). The van der Waals surface area contributed by atoms with Crippen molar-refractivity contribution < 1.29 is 9.18 Å². The van der Waals surface area contributed by atoms with Gasteiger partial charge in [-0.1, -0.05) is 51.8 Å². The minimum atomic E-state index is -0.764. The van der Waals surface area contributed by atoms with Gasteiger partial charge in [-0.25, -0.2) is 4.39 Å². The first-order valence-electron chi connectivity index (χ1n) is 6.38. The minimum Gasteiger partial charge on any atom is -0.300 e. The van der Waals surface area contributed by atoms with Crippen LogP contribution in [0, 0.1) is 11.7 Å². The van der Waals surface area contributed by atoms with Gasteiger partial charge in [0, 0.05) is 12.0 Å². The molecule has 0 bridgehead atoms. The third kappa shape index (κ3) is 6.73. The van der Waals surface area contributed by atoms with Gasteiger partial charge in [0.2, 0.25) is 0 Å². The normalized spacial score (nSPS) is 13.5. The number of hydrogen-bond acceptors (Lipinski definition) is 3. The molecule has 0 spiro atoms. The van der Waals surface area contributed by atoms with Crippen molar-refractivity contribution in [3.8, 4) is 0 Å². The van der Waals surface area contributed by atoms with Crippen LogP contribution < -0.4 is 4.72 Å². The second kappa shape index (κ2) is 8.33. The Morgan fingerprint density at radius 1 is 1.37 bits per heavy atom. The van der Waals surface area contributed by atoms with Crippen LogP contribution in [0.2, 0.25) is 0 Å². The molecule has 1 aromatic rings. The van der Waals surface area contributed by atoms with Gasteiger partial charge in [0.05, 0.1) is 5.54 Å². The van der Waals surface area contributed by atoms with E-state index in [1.54, 1.807) is 25.1 Å². The van der Waals surface area contributed by atoms with Crippen molar-refractivity contribution in [3.63, 3.8) is 0 Å². The first kappa shape index (κ1) is 18.1. The van der Waals surface area contributed by atoms with E-state index in [9.17, 15) is 9.18 Å². The molecular formula is C15H24FNOS. The van der Waals surface area contributed by atoms with E-state index in [0.717, 1.165) is 5.92 Å². The lowest BCUT2D eigenvalue weighted by molar-refractivity contribution is -0.118. The number of thiol groups is 1. The number of carbonyl (C=O) groups is 1. The van der Waals surface area contributed by atoms with E-state index >= 15 is 0 Å². The summed E-state index contributed by atoms with van der Waals surface area (Å²) in [6, 6.07) is 6.38. The molecular weight excluding hydrogens is 261 g/mol. The Morgan fingerprint density at radius 3 is 2.21 bits per heavy atom. The topological polar surface area (TPSA) is 29.1 Å². The van der Waals surface area contributed by atoms with Gasteiger partial charge in [-0.2, -0.15) is 0 Å². The Morgan fingerprint density at radius 2 is 1.84 bits per heavy atom. The van der Waals surface area contributed by atoms with Crippen LogP contribution in [-0.2, 0) is 10.3 Å². The van der Waals surface area contributed by atoms with Gasteiger partial charge in [-0.05, 0) is 25.8 Å². The predicted molar refractivity (Wildman–Crippen MR) is 81.7 cm³/mol. The molecule has 0 aliphatic heterocycles. The second-order valence-corrected chi connectivity index (χ2v) is 5.76. The van der Waals surface area contributed by atoms with E-state index in [4.69, 9.17) is 0 Å². The van der Waals surface area contributed by atoms with Crippen molar-refractivity contribution >= 4 is 18.6 Å². The van der Waals surface area contributed by atoms with Gasteiger partial charge in [0.25, 0.3) is 0 Å². The molecule has 1 atom stereocenters. The van der Waals surface area contributed by atoms with Crippen LogP contribution in [0.1, 0.15) is 46.6 Å². The zero-order chi connectivity index (χ0) is 15.1. The number of Topliss-reactive ketones (excluding diaryl/α,β-unsaturated/α-hetero) is 1. The van der Waals surface area contributed by atoms with Crippen molar-refractivity contribution in [2.45, 2.75) is 46.6 Å². The molecule has 1 N–H and O–H groups in total. The highest BCUT2D eigenvalue weighted by molar-refractivity contribution is 7.78. The Balaban J connectivity index is 0.000000711. The molecule has 0 aliphatic carbocycles. The maximum Gasteiger partial charge on any atom is 0.132 e. The van der Waals surface area contributed by atoms with Gasteiger partial charge in [0.1, 0.15) is 11.6 Å². The van der Waals surface area contributed by atoms with Gasteiger partial charge in [0.15, 0.2) is 0 Å². The van der Waals surface area contributed by atoms with E-state index in [2.05, 4.69) is 38.3 Å². The molecule has 0 aromatic heterocycles. The maximum atomic E-state index is 13.5. The summed E-state index contributed by atoms with van der Waals surface area (Å²) in [5.74, 6) is 0.491. The highest BCUT2D eigenvalue weighted by atomic mass is 32.1. The Labute approximate surface area is 121 Å². The molecule has 0 fully saturated rings. The zero-order valence-electron chi connectivity index (χ0n) is 12.3. The lowest BCUT2D eigenvalue weighted by Crippen LogP contribution is -2.36. The molecule has 4 heteroatoms. The SMILES string of the molecule is CC(=O)C[C@](C)(NS)c1ccccc1F.CC(C)C. The molecule has 0 heterocycles. The molecule has 0 radical (unpaired) electrons. The van der Waals surface area contributed by atoms with E-state index in [1.807, 2.05) is 0 Å². The maximum absolute atomic E-state index is 13.5. The van der Waals surface area contributed by atoms with Crippen LogP contribution in [0.15, 0.2) is 24.3 Å². The Hall–Kier alpha value is -0.870. The first-order chi connectivity index (χ1) is 8.73. The summed E-state index contributed by atoms with van der Waals surface area (Å²) in [5, 5.41) is 0. The van der Waals surface area contributed by atoms with Gasteiger partial charge >= 0.3 is 0 Å². The Kier molecular flexibility index (Phi) is 7.95. The number of carbonyl (C=O) groups excluding carboxylic acids is 1. The van der Waals surface area contributed by atoms with Crippen molar-refractivity contribution in [1.29, 1.82) is 0 Å². The highest BCUT2D eigenvalue weighted by Gasteiger charge is 2.29. The summed E-state index contributed by atoms with van der Waals surface area (Å²) >= 11 is 3.97. The molecule has 19 heavy (non-hydrogen) atoms. The minimum absolute atomic E-state index is 0.0118. The summed E-state index contributed by atoms with van der Waals surface area (Å²) in [7, 11) is 0. The molecule has 0 saturated heterocycles. The summed E-state index contributed by atoms with van der Waals surface area (Å²) in [6.45, 7) is 9.73. The molecule has 0 unspecified atom stereocenters. The van der Waals surface area contributed by atoms with Crippen LogP contribution in [0.5, 0.6) is 0 Å². The summed E-state index contributed by atoms with van der Waals surface area (Å²) in [5.41, 5.74) is -0.310. The average Bonchev–Trinajstić information content (AvgIpc) is 2.27. The van der Waals surface area contributed by atoms with E-state index in [1.165, 1.54) is 13.0 Å². The van der Waals surface area contributed by atoms with Crippen LogP contribution in [0.3, 0.4) is 0 Å². The van der Waals surface area contributed by atoms with Crippen molar-refractivity contribution in [3.05, 3.63) is 35.6 Å². The second-order valence-electron chi connectivity index (χ2n) is 5.53. The highest BCUT2D eigenvalue weighted by Crippen LogP contribution is 2.27. The van der Waals surface area contributed by atoms with Crippen LogP contribution in [-0.4, -0.2) is 5.78 Å². The van der Waals surface area contributed by atoms with Crippen LogP contribution >= 0.6 is 12.8 Å². The summed E-state index contributed by atoms with van der Waals surface area (Å²) < 4.78 is 16.2. The lowest BCUT2D eigenvalue weighted by Gasteiger charge is -2.28. The fraction of sp³-hybridized carbons (Fsp3) is 0.533. The number of benzene rings is 1.